The molecule has 92 valence electrons. The van der Waals surface area contributed by atoms with Gasteiger partial charge in [0.2, 0.25) is 5.91 Å². The van der Waals surface area contributed by atoms with E-state index in [2.05, 4.69) is 5.32 Å². The molecule has 1 aromatic carbocycles. The van der Waals surface area contributed by atoms with E-state index in [9.17, 15) is 19.6 Å². The number of amides is 3. The molecule has 0 bridgehead atoms. The maximum absolute atomic E-state index is 12.6. The van der Waals surface area contributed by atoms with Gasteiger partial charge in [-0.3, -0.25) is 14.9 Å². The van der Waals surface area contributed by atoms with Gasteiger partial charge in [0.15, 0.2) is 11.7 Å². The molecule has 3 amide bonds. The third-order valence-electron chi connectivity index (χ3n) is 3.44. The lowest BCUT2D eigenvalue weighted by atomic mass is 9.94. The number of carbonyl (C=O) groups is 3. The lowest BCUT2D eigenvalue weighted by molar-refractivity contribution is -0.136. The van der Waals surface area contributed by atoms with Crippen LogP contribution in [0.15, 0.2) is 24.3 Å². The molecule has 2 aliphatic heterocycles. The quantitative estimate of drug-likeness (QED) is 0.443. The fourth-order valence-electron chi connectivity index (χ4n) is 2.52. The Morgan fingerprint density at radius 1 is 1.22 bits per heavy atom. The molecule has 2 atom stereocenters. The summed E-state index contributed by atoms with van der Waals surface area (Å²) >= 11 is 0. The molecular weight excluding hydrogens is 236 g/mol. The van der Waals surface area contributed by atoms with Crippen LogP contribution in [0.3, 0.4) is 0 Å². The number of fused-ring (bicyclic) bond motifs is 1. The highest BCUT2D eigenvalue weighted by atomic mass is 16.6. The summed E-state index contributed by atoms with van der Waals surface area (Å²) in [7, 11) is 0. The van der Waals surface area contributed by atoms with Crippen LogP contribution >= 0.6 is 0 Å². The van der Waals surface area contributed by atoms with Gasteiger partial charge in [0.05, 0.1) is 0 Å². The van der Waals surface area contributed by atoms with Gasteiger partial charge in [0.1, 0.15) is 5.56 Å². The van der Waals surface area contributed by atoms with Crippen LogP contribution < -0.4 is 9.96 Å². The fraction of sp³-hybridized carbons (Fsp3) is 0.250. The average Bonchev–Trinajstić information content (AvgIpc) is 2.37. The molecule has 18 heavy (non-hydrogen) atoms. The van der Waals surface area contributed by atoms with Crippen LogP contribution in [-0.2, 0) is 9.59 Å². The van der Waals surface area contributed by atoms with E-state index in [4.69, 9.17) is 0 Å². The van der Waals surface area contributed by atoms with Crippen LogP contribution in [-0.4, -0.2) is 23.8 Å². The molecule has 6 heteroatoms. The van der Waals surface area contributed by atoms with Gasteiger partial charge in [-0.2, -0.15) is 0 Å². The Balaban J connectivity index is 2.01. The van der Waals surface area contributed by atoms with Crippen molar-refractivity contribution in [3.63, 3.8) is 0 Å². The summed E-state index contributed by atoms with van der Waals surface area (Å²) in [6.07, 6.45) is 0.197. The summed E-state index contributed by atoms with van der Waals surface area (Å²) in [6, 6.07) is 5.39. The molecule has 3 rings (SSSR count). The van der Waals surface area contributed by atoms with Crippen molar-refractivity contribution in [1.82, 2.24) is 9.96 Å². The Hall–Kier alpha value is -2.05. The Morgan fingerprint density at radius 2 is 1.94 bits per heavy atom. The molecule has 1 aromatic rings. The number of quaternary nitrogens is 1. The zero-order valence-electron chi connectivity index (χ0n) is 9.38. The second-order valence-electron chi connectivity index (χ2n) is 4.45. The van der Waals surface area contributed by atoms with Crippen molar-refractivity contribution in [3.8, 4) is 0 Å². The summed E-state index contributed by atoms with van der Waals surface area (Å²) in [5, 5.41) is 14.7. The predicted molar refractivity (Wildman–Crippen MR) is 62.1 cm³/mol. The number of hydrogen-bond donors (Lipinski definition) is 1. The van der Waals surface area contributed by atoms with Gasteiger partial charge in [0.25, 0.3) is 5.91 Å². The standard InChI is InChI=1S/C12H10N2O4/c15-10-6-5-9(11(16)13-10)14(18)8-4-2-1-3-7(8)12(14)17/h1-4,9H,5-6H2,(H,13,15,16). The fourth-order valence-corrected chi connectivity index (χ4v) is 2.52. The number of piperidine rings is 1. The third kappa shape index (κ3) is 1.21. The molecule has 1 fully saturated rings. The molecule has 2 unspecified atom stereocenters. The molecular formula is C12H10N2O4. The SMILES string of the molecule is O=C1CCC([N+]2([O-])C(=O)c3ccccc32)C(=O)N1. The molecule has 6 nitrogen and oxygen atoms in total. The molecule has 0 spiro atoms. The van der Waals surface area contributed by atoms with E-state index in [-0.39, 0.29) is 12.8 Å². The van der Waals surface area contributed by atoms with Crippen molar-refractivity contribution >= 4 is 23.4 Å². The summed E-state index contributed by atoms with van der Waals surface area (Å²) in [5.41, 5.74) is 0.661. The molecule has 0 saturated carbocycles. The van der Waals surface area contributed by atoms with Crippen LogP contribution in [0.5, 0.6) is 0 Å². The van der Waals surface area contributed by atoms with E-state index < -0.39 is 28.4 Å². The largest absolute Gasteiger partial charge is 0.619 e. The molecule has 0 aromatic heterocycles. The molecule has 0 aliphatic carbocycles. The topological polar surface area (TPSA) is 86.3 Å². The number of rotatable bonds is 1. The van der Waals surface area contributed by atoms with E-state index in [1.54, 1.807) is 24.3 Å². The van der Waals surface area contributed by atoms with Crippen molar-refractivity contribution < 1.29 is 14.4 Å². The minimum absolute atomic E-state index is 0.0914. The van der Waals surface area contributed by atoms with Crippen LogP contribution in [0, 0.1) is 5.21 Å². The zero-order chi connectivity index (χ0) is 12.9. The number of nitrogens with zero attached hydrogens (tertiary/aromatic N) is 1. The second kappa shape index (κ2) is 3.47. The molecule has 2 heterocycles. The first-order valence-corrected chi connectivity index (χ1v) is 5.63. The van der Waals surface area contributed by atoms with Gasteiger partial charge >= 0.3 is 5.91 Å². The summed E-state index contributed by atoms with van der Waals surface area (Å²) in [5.74, 6) is -1.67. The van der Waals surface area contributed by atoms with E-state index >= 15 is 0 Å². The van der Waals surface area contributed by atoms with E-state index in [1.807, 2.05) is 0 Å². The minimum atomic E-state index is -1.27. The second-order valence-corrected chi connectivity index (χ2v) is 4.45. The smallest absolute Gasteiger partial charge is 0.357 e. The van der Waals surface area contributed by atoms with Crippen LogP contribution in [0.4, 0.5) is 5.69 Å². The number of imide groups is 1. The summed E-state index contributed by atoms with van der Waals surface area (Å²) < 4.78 is -1.27. The maximum Gasteiger partial charge on any atom is 0.357 e. The monoisotopic (exact) mass is 246 g/mol. The van der Waals surface area contributed by atoms with E-state index in [0.29, 0.717) is 11.3 Å². The Morgan fingerprint density at radius 3 is 2.67 bits per heavy atom. The van der Waals surface area contributed by atoms with Crippen molar-refractivity contribution in [2.24, 2.45) is 0 Å². The Kier molecular flexibility index (Phi) is 2.13. The van der Waals surface area contributed by atoms with Gasteiger partial charge < -0.3 is 5.21 Å². The first kappa shape index (κ1) is 11.1. The third-order valence-corrected chi connectivity index (χ3v) is 3.44. The van der Waals surface area contributed by atoms with Crippen molar-refractivity contribution in [3.05, 3.63) is 35.0 Å². The highest BCUT2D eigenvalue weighted by Gasteiger charge is 2.54. The first-order valence-electron chi connectivity index (χ1n) is 5.63. The van der Waals surface area contributed by atoms with Crippen molar-refractivity contribution in [1.29, 1.82) is 0 Å². The van der Waals surface area contributed by atoms with E-state index in [0.717, 1.165) is 0 Å². The van der Waals surface area contributed by atoms with Gasteiger partial charge in [-0.15, -0.1) is 0 Å². The lowest BCUT2D eigenvalue weighted by Crippen LogP contribution is -2.68. The van der Waals surface area contributed by atoms with Gasteiger partial charge in [-0.05, 0) is 6.07 Å². The predicted octanol–water partition coefficient (Wildman–Crippen LogP) is 0.451. The molecule has 2 aliphatic rings. The number of nitrogens with one attached hydrogen (secondary N) is 1. The number of para-hydroxylation sites is 1. The first-order chi connectivity index (χ1) is 8.55. The number of hydroxylamine groups is 2. The highest BCUT2D eigenvalue weighted by Crippen LogP contribution is 2.42. The van der Waals surface area contributed by atoms with Crippen molar-refractivity contribution in [2.45, 2.75) is 18.9 Å². The van der Waals surface area contributed by atoms with Gasteiger partial charge in [0, 0.05) is 18.9 Å². The maximum atomic E-state index is 12.6. The number of hydrogen-bond acceptors (Lipinski definition) is 4. The van der Waals surface area contributed by atoms with Crippen LogP contribution in [0.25, 0.3) is 0 Å². The molecule has 0 radical (unpaired) electrons. The zero-order valence-corrected chi connectivity index (χ0v) is 9.38. The lowest BCUT2D eigenvalue weighted by Gasteiger charge is -2.51. The highest BCUT2D eigenvalue weighted by molar-refractivity contribution is 6.19. The van der Waals surface area contributed by atoms with Gasteiger partial charge in [-0.1, -0.05) is 12.1 Å². The summed E-state index contributed by atoms with van der Waals surface area (Å²) in [4.78, 5) is 34.6. The van der Waals surface area contributed by atoms with Crippen LogP contribution in [0.1, 0.15) is 23.2 Å². The van der Waals surface area contributed by atoms with E-state index in [1.165, 1.54) is 0 Å². The van der Waals surface area contributed by atoms with Crippen molar-refractivity contribution in [2.75, 3.05) is 0 Å². The average molecular weight is 246 g/mol. The number of benzene rings is 1. The minimum Gasteiger partial charge on any atom is -0.619 e. The number of carbonyl (C=O) groups excluding carboxylic acids is 3. The van der Waals surface area contributed by atoms with Gasteiger partial charge in [-0.25, -0.2) is 9.44 Å². The Bertz CT molecular complexity index is 583. The molecule has 1 saturated heterocycles. The Labute approximate surface area is 102 Å². The normalized spacial score (nSPS) is 30.5. The summed E-state index contributed by atoms with van der Waals surface area (Å²) in [6.45, 7) is 0. The molecule has 1 N–H and O–H groups in total. The van der Waals surface area contributed by atoms with Crippen LogP contribution in [0.2, 0.25) is 0 Å².